The number of benzene rings is 1. The average molecular weight is 276 g/mol. The van der Waals surface area contributed by atoms with E-state index in [1.165, 1.54) is 6.07 Å². The van der Waals surface area contributed by atoms with Crippen LogP contribution in [0.1, 0.15) is 37.0 Å². The van der Waals surface area contributed by atoms with Crippen LogP contribution < -0.4 is 4.90 Å². The third-order valence-electron chi connectivity index (χ3n) is 4.18. The number of anilines is 1. The molecule has 5 nitrogen and oxygen atoms in total. The van der Waals surface area contributed by atoms with Gasteiger partial charge in [-0.15, -0.1) is 0 Å². The minimum Gasteiger partial charge on any atom is -0.371 e. The molecule has 0 unspecified atom stereocenters. The first kappa shape index (κ1) is 14.5. The van der Waals surface area contributed by atoms with Crippen LogP contribution in [0.4, 0.5) is 11.4 Å². The predicted octanol–water partition coefficient (Wildman–Crippen LogP) is 3.28. The molecule has 20 heavy (non-hydrogen) atoms. The summed E-state index contributed by atoms with van der Waals surface area (Å²) < 4.78 is 0. The molecule has 1 aromatic rings. The van der Waals surface area contributed by atoms with Crippen molar-refractivity contribution in [1.82, 2.24) is 0 Å². The molecule has 0 radical (unpaired) electrons. The van der Waals surface area contributed by atoms with Crippen molar-refractivity contribution < 1.29 is 9.72 Å². The zero-order valence-corrected chi connectivity index (χ0v) is 11.9. The number of piperidine rings is 1. The number of nitro benzene ring substituents is 1. The summed E-state index contributed by atoms with van der Waals surface area (Å²) in [4.78, 5) is 23.5. The number of nitro groups is 1. The summed E-state index contributed by atoms with van der Waals surface area (Å²) in [6, 6.07) is 4.79. The number of nitrogens with zero attached hydrogens (tertiary/aromatic N) is 2. The molecule has 0 aliphatic carbocycles. The van der Waals surface area contributed by atoms with Crippen LogP contribution in [0.5, 0.6) is 0 Å². The van der Waals surface area contributed by atoms with Gasteiger partial charge in [-0.1, -0.05) is 13.8 Å². The lowest BCUT2D eigenvalue weighted by Gasteiger charge is -2.35. The van der Waals surface area contributed by atoms with E-state index in [-0.39, 0.29) is 11.3 Å². The van der Waals surface area contributed by atoms with Crippen molar-refractivity contribution in [3.8, 4) is 0 Å². The van der Waals surface area contributed by atoms with E-state index in [4.69, 9.17) is 0 Å². The highest BCUT2D eigenvalue weighted by molar-refractivity contribution is 5.83. The van der Waals surface area contributed by atoms with Gasteiger partial charge in [-0.2, -0.15) is 0 Å². The topological polar surface area (TPSA) is 63.4 Å². The molecule has 1 aromatic carbocycles. The summed E-state index contributed by atoms with van der Waals surface area (Å²) in [6.07, 6.45) is 2.82. The van der Waals surface area contributed by atoms with E-state index >= 15 is 0 Å². The molecule has 1 heterocycles. The molecule has 2 rings (SSSR count). The Balaban J connectivity index is 2.14. The maximum atomic E-state index is 11.0. The van der Waals surface area contributed by atoms with Crippen molar-refractivity contribution in [2.24, 2.45) is 11.8 Å². The molecule has 0 spiro atoms. The minimum atomic E-state index is -0.515. The van der Waals surface area contributed by atoms with Gasteiger partial charge >= 0.3 is 0 Å². The molecule has 0 bridgehead atoms. The molecular weight excluding hydrogens is 256 g/mol. The second kappa shape index (κ2) is 6.03. The Bertz CT molecular complexity index is 506. The molecule has 1 aliphatic heterocycles. The lowest BCUT2D eigenvalue weighted by atomic mass is 9.86. The fourth-order valence-electron chi connectivity index (χ4n) is 2.82. The number of carbonyl (C=O) groups is 1. The number of hydrogen-bond donors (Lipinski definition) is 0. The van der Waals surface area contributed by atoms with Crippen molar-refractivity contribution in [3.05, 3.63) is 33.9 Å². The molecule has 1 fully saturated rings. The second-order valence-electron chi connectivity index (χ2n) is 5.69. The number of hydrogen-bond acceptors (Lipinski definition) is 4. The molecule has 0 atom stereocenters. The van der Waals surface area contributed by atoms with Crippen LogP contribution in [0.2, 0.25) is 0 Å². The quantitative estimate of drug-likeness (QED) is 0.481. The van der Waals surface area contributed by atoms with Gasteiger partial charge in [0, 0.05) is 24.8 Å². The lowest BCUT2D eigenvalue weighted by Crippen LogP contribution is -2.35. The summed E-state index contributed by atoms with van der Waals surface area (Å²) in [6.45, 7) is 6.38. The van der Waals surface area contributed by atoms with E-state index in [0.717, 1.165) is 37.5 Å². The fraction of sp³-hybridized carbons (Fsp3) is 0.533. The Morgan fingerprint density at radius 1 is 1.35 bits per heavy atom. The van der Waals surface area contributed by atoms with Crippen LogP contribution in [-0.4, -0.2) is 24.3 Å². The zero-order valence-electron chi connectivity index (χ0n) is 11.9. The predicted molar refractivity (Wildman–Crippen MR) is 78.3 cm³/mol. The number of carbonyl (C=O) groups excluding carboxylic acids is 1. The molecular formula is C15H20N2O3. The Morgan fingerprint density at radius 2 is 2.00 bits per heavy atom. The summed E-state index contributed by atoms with van der Waals surface area (Å²) in [5, 5.41) is 10.8. The molecule has 5 heteroatoms. The number of aldehydes is 1. The molecule has 0 amide bonds. The molecule has 0 saturated carbocycles. The summed E-state index contributed by atoms with van der Waals surface area (Å²) in [5.74, 6) is 1.44. The summed E-state index contributed by atoms with van der Waals surface area (Å²) in [5.41, 5.74) is 0.930. The van der Waals surface area contributed by atoms with E-state index < -0.39 is 4.92 Å². The first-order chi connectivity index (χ1) is 9.52. The zero-order chi connectivity index (χ0) is 14.7. The highest BCUT2D eigenvalue weighted by atomic mass is 16.6. The van der Waals surface area contributed by atoms with Gasteiger partial charge in [0.05, 0.1) is 10.5 Å². The fourth-order valence-corrected chi connectivity index (χ4v) is 2.82. The highest BCUT2D eigenvalue weighted by Gasteiger charge is 2.23. The third-order valence-corrected chi connectivity index (χ3v) is 4.18. The highest BCUT2D eigenvalue weighted by Crippen LogP contribution is 2.30. The van der Waals surface area contributed by atoms with Gasteiger partial charge in [0.1, 0.15) is 0 Å². The van der Waals surface area contributed by atoms with Crippen molar-refractivity contribution in [2.75, 3.05) is 18.0 Å². The standard InChI is InChI=1S/C15H20N2O3/c1-11(2)12-5-7-16(8-6-12)14-3-4-15(17(19)20)13(9-14)10-18/h3-4,9-12H,5-8H2,1-2H3. The Labute approximate surface area is 118 Å². The smallest absolute Gasteiger partial charge is 0.280 e. The van der Waals surface area contributed by atoms with E-state index in [1.54, 1.807) is 12.1 Å². The monoisotopic (exact) mass is 276 g/mol. The van der Waals surface area contributed by atoms with E-state index in [2.05, 4.69) is 18.7 Å². The lowest BCUT2D eigenvalue weighted by molar-refractivity contribution is -0.385. The maximum Gasteiger partial charge on any atom is 0.280 e. The molecule has 1 saturated heterocycles. The molecule has 0 N–H and O–H groups in total. The van der Waals surface area contributed by atoms with Crippen LogP contribution in [0, 0.1) is 22.0 Å². The van der Waals surface area contributed by atoms with E-state index in [9.17, 15) is 14.9 Å². The van der Waals surface area contributed by atoms with Gasteiger partial charge in [-0.3, -0.25) is 14.9 Å². The average Bonchev–Trinajstić information content (AvgIpc) is 2.46. The van der Waals surface area contributed by atoms with Crippen LogP contribution >= 0.6 is 0 Å². The largest absolute Gasteiger partial charge is 0.371 e. The van der Waals surface area contributed by atoms with Gasteiger partial charge in [-0.05, 0) is 36.8 Å². The van der Waals surface area contributed by atoms with Gasteiger partial charge in [0.25, 0.3) is 5.69 Å². The van der Waals surface area contributed by atoms with Crippen molar-refractivity contribution in [3.63, 3.8) is 0 Å². The summed E-state index contributed by atoms with van der Waals surface area (Å²) >= 11 is 0. The molecule has 1 aliphatic rings. The molecule has 108 valence electrons. The SMILES string of the molecule is CC(C)C1CCN(c2ccc([N+](=O)[O-])c(C=O)c2)CC1. The van der Waals surface area contributed by atoms with Crippen molar-refractivity contribution in [1.29, 1.82) is 0 Å². The Morgan fingerprint density at radius 3 is 2.50 bits per heavy atom. The first-order valence-corrected chi connectivity index (χ1v) is 7.01. The van der Waals surface area contributed by atoms with Crippen molar-refractivity contribution in [2.45, 2.75) is 26.7 Å². The molecule has 0 aromatic heterocycles. The minimum absolute atomic E-state index is 0.124. The summed E-state index contributed by atoms with van der Waals surface area (Å²) in [7, 11) is 0. The third kappa shape index (κ3) is 2.98. The number of rotatable bonds is 4. The Hall–Kier alpha value is -1.91. The van der Waals surface area contributed by atoms with Crippen LogP contribution in [0.15, 0.2) is 18.2 Å². The Kier molecular flexibility index (Phi) is 4.37. The van der Waals surface area contributed by atoms with Gasteiger partial charge in [-0.25, -0.2) is 0 Å². The first-order valence-electron chi connectivity index (χ1n) is 7.01. The van der Waals surface area contributed by atoms with Crippen molar-refractivity contribution >= 4 is 17.7 Å². The van der Waals surface area contributed by atoms with E-state index in [1.807, 2.05) is 0 Å². The van der Waals surface area contributed by atoms with Crippen LogP contribution in [0.25, 0.3) is 0 Å². The van der Waals surface area contributed by atoms with Crippen LogP contribution in [-0.2, 0) is 0 Å². The van der Waals surface area contributed by atoms with Gasteiger partial charge < -0.3 is 4.90 Å². The van der Waals surface area contributed by atoms with Gasteiger partial charge in [0.2, 0.25) is 0 Å². The normalized spacial score (nSPS) is 16.4. The second-order valence-corrected chi connectivity index (χ2v) is 5.69. The van der Waals surface area contributed by atoms with Crippen LogP contribution in [0.3, 0.4) is 0 Å². The van der Waals surface area contributed by atoms with Gasteiger partial charge in [0.15, 0.2) is 6.29 Å². The van der Waals surface area contributed by atoms with E-state index in [0.29, 0.717) is 12.2 Å². The maximum absolute atomic E-state index is 11.0.